The summed E-state index contributed by atoms with van der Waals surface area (Å²) in [6.45, 7) is 1.76. The molecule has 1 fully saturated rings. The molecule has 3 aromatic rings. The molecule has 1 unspecified atom stereocenters. The van der Waals surface area contributed by atoms with Gasteiger partial charge in [-0.2, -0.15) is 0 Å². The Kier molecular flexibility index (Phi) is 5.80. The van der Waals surface area contributed by atoms with Crippen molar-refractivity contribution >= 4 is 39.1 Å². The molecule has 0 radical (unpaired) electrons. The third-order valence-corrected chi connectivity index (χ3v) is 5.80. The number of carbonyl (C=O) groups is 1. The molecule has 2 aromatic carbocycles. The molecule has 4 rings (SSSR count). The van der Waals surface area contributed by atoms with E-state index in [2.05, 4.69) is 42.9 Å². The number of carbonyl (C=O) groups excluding carboxylic acids is 1. The van der Waals surface area contributed by atoms with Crippen LogP contribution in [-0.2, 0) is 11.2 Å². The number of piperazine rings is 1. The molecule has 7 heteroatoms. The SMILES string of the molecule is O=C1CN(C(Cc2ccc(Br)cc2)c2cnc[nH]2)CCN1c1cccc(Cl)c1. The van der Waals surface area contributed by atoms with Gasteiger partial charge >= 0.3 is 0 Å². The van der Waals surface area contributed by atoms with Gasteiger partial charge in [0.25, 0.3) is 0 Å². The summed E-state index contributed by atoms with van der Waals surface area (Å²) in [4.78, 5) is 24.3. The topological polar surface area (TPSA) is 52.2 Å². The van der Waals surface area contributed by atoms with E-state index in [0.29, 0.717) is 18.1 Å². The van der Waals surface area contributed by atoms with E-state index in [1.165, 1.54) is 5.56 Å². The van der Waals surface area contributed by atoms with Gasteiger partial charge < -0.3 is 9.88 Å². The fourth-order valence-corrected chi connectivity index (χ4v) is 4.05. The van der Waals surface area contributed by atoms with Crippen LogP contribution in [-0.4, -0.2) is 40.4 Å². The first kappa shape index (κ1) is 19.2. The van der Waals surface area contributed by atoms with E-state index in [-0.39, 0.29) is 11.9 Å². The summed E-state index contributed by atoms with van der Waals surface area (Å²) < 4.78 is 1.06. The Morgan fingerprint density at radius 3 is 2.68 bits per heavy atom. The van der Waals surface area contributed by atoms with Crippen LogP contribution in [0.3, 0.4) is 0 Å². The average Bonchev–Trinajstić information content (AvgIpc) is 3.22. The molecule has 28 heavy (non-hydrogen) atoms. The maximum atomic E-state index is 12.9. The summed E-state index contributed by atoms with van der Waals surface area (Å²) in [5.41, 5.74) is 3.09. The second kappa shape index (κ2) is 8.47. The van der Waals surface area contributed by atoms with Crippen LogP contribution in [0.1, 0.15) is 17.3 Å². The van der Waals surface area contributed by atoms with Gasteiger partial charge in [-0.1, -0.05) is 45.7 Å². The number of imidazole rings is 1. The quantitative estimate of drug-likeness (QED) is 0.613. The third-order valence-electron chi connectivity index (χ3n) is 5.03. The number of aromatic nitrogens is 2. The minimum atomic E-state index is 0.0640. The number of nitrogens with one attached hydrogen (secondary N) is 1. The molecule has 5 nitrogen and oxygen atoms in total. The van der Waals surface area contributed by atoms with Crippen molar-refractivity contribution in [1.82, 2.24) is 14.9 Å². The number of benzene rings is 2. The van der Waals surface area contributed by atoms with Crippen LogP contribution < -0.4 is 4.90 Å². The molecular weight excluding hydrogens is 440 g/mol. The van der Waals surface area contributed by atoms with Crippen LogP contribution >= 0.6 is 27.5 Å². The number of hydrogen-bond acceptors (Lipinski definition) is 3. The van der Waals surface area contributed by atoms with Crippen molar-refractivity contribution in [2.75, 3.05) is 24.5 Å². The Balaban J connectivity index is 1.53. The number of H-pyrrole nitrogens is 1. The van der Waals surface area contributed by atoms with E-state index < -0.39 is 0 Å². The summed E-state index contributed by atoms with van der Waals surface area (Å²) in [6, 6.07) is 15.8. The van der Waals surface area contributed by atoms with Crippen LogP contribution in [0, 0.1) is 0 Å². The maximum absolute atomic E-state index is 12.9. The van der Waals surface area contributed by atoms with Gasteiger partial charge in [-0.25, -0.2) is 4.98 Å². The predicted molar refractivity (Wildman–Crippen MR) is 115 cm³/mol. The minimum absolute atomic E-state index is 0.0640. The van der Waals surface area contributed by atoms with Gasteiger partial charge in [-0.3, -0.25) is 9.69 Å². The van der Waals surface area contributed by atoms with Crippen molar-refractivity contribution < 1.29 is 4.79 Å². The van der Waals surface area contributed by atoms with Crippen LogP contribution in [0.5, 0.6) is 0 Å². The molecule has 1 amide bonds. The van der Waals surface area contributed by atoms with E-state index in [1.807, 2.05) is 47.5 Å². The number of anilines is 1. The van der Waals surface area contributed by atoms with Crippen molar-refractivity contribution in [2.24, 2.45) is 0 Å². The van der Waals surface area contributed by atoms with Crippen LogP contribution in [0.4, 0.5) is 5.69 Å². The number of halogens is 2. The minimum Gasteiger partial charge on any atom is -0.347 e. The first-order chi connectivity index (χ1) is 13.6. The molecule has 2 heterocycles. The molecule has 1 saturated heterocycles. The van der Waals surface area contributed by atoms with Crippen LogP contribution in [0.2, 0.25) is 5.02 Å². The average molecular weight is 460 g/mol. The molecular formula is C21H20BrClN4O. The Bertz CT molecular complexity index is 945. The van der Waals surface area contributed by atoms with Crippen molar-refractivity contribution in [3.63, 3.8) is 0 Å². The number of aromatic amines is 1. The van der Waals surface area contributed by atoms with Gasteiger partial charge in [0.05, 0.1) is 24.6 Å². The molecule has 144 valence electrons. The van der Waals surface area contributed by atoms with Gasteiger partial charge in [0.1, 0.15) is 0 Å². The molecule has 1 aromatic heterocycles. The van der Waals surface area contributed by atoms with Crippen molar-refractivity contribution in [3.8, 4) is 0 Å². The Labute approximate surface area is 177 Å². The van der Waals surface area contributed by atoms with Gasteiger partial charge in [-0.15, -0.1) is 0 Å². The zero-order valence-corrected chi connectivity index (χ0v) is 17.5. The van der Waals surface area contributed by atoms with Crippen molar-refractivity contribution in [3.05, 3.63) is 81.8 Å². The number of hydrogen-bond donors (Lipinski definition) is 1. The lowest BCUT2D eigenvalue weighted by molar-refractivity contribution is -0.122. The zero-order chi connectivity index (χ0) is 19.5. The first-order valence-electron chi connectivity index (χ1n) is 9.13. The second-order valence-electron chi connectivity index (χ2n) is 6.85. The molecule has 0 aliphatic carbocycles. The highest BCUT2D eigenvalue weighted by molar-refractivity contribution is 9.10. The van der Waals surface area contributed by atoms with E-state index in [0.717, 1.165) is 28.8 Å². The fraction of sp³-hybridized carbons (Fsp3) is 0.238. The maximum Gasteiger partial charge on any atom is 0.241 e. The number of rotatable bonds is 5. The third kappa shape index (κ3) is 4.29. The Hall–Kier alpha value is -2.15. The molecule has 0 bridgehead atoms. The van der Waals surface area contributed by atoms with Crippen molar-refractivity contribution in [1.29, 1.82) is 0 Å². The highest BCUT2D eigenvalue weighted by atomic mass is 79.9. The van der Waals surface area contributed by atoms with E-state index in [9.17, 15) is 4.79 Å². The second-order valence-corrected chi connectivity index (χ2v) is 8.20. The number of nitrogens with zero attached hydrogens (tertiary/aromatic N) is 3. The summed E-state index contributed by atoms with van der Waals surface area (Å²) in [6.07, 6.45) is 4.34. The van der Waals surface area contributed by atoms with Gasteiger partial charge in [0, 0.05) is 34.5 Å². The summed E-state index contributed by atoms with van der Waals surface area (Å²) in [5.74, 6) is 0.0776. The highest BCUT2D eigenvalue weighted by Gasteiger charge is 2.31. The van der Waals surface area contributed by atoms with Crippen LogP contribution in [0.25, 0.3) is 0 Å². The lowest BCUT2D eigenvalue weighted by Gasteiger charge is -2.38. The van der Waals surface area contributed by atoms with E-state index in [1.54, 1.807) is 6.33 Å². The molecule has 1 aliphatic heterocycles. The largest absolute Gasteiger partial charge is 0.347 e. The predicted octanol–water partition coefficient (Wildman–Crippen LogP) is 4.46. The Morgan fingerprint density at radius 1 is 1.18 bits per heavy atom. The normalized spacial score (nSPS) is 16.4. The molecule has 0 saturated carbocycles. The van der Waals surface area contributed by atoms with Gasteiger partial charge in [0.2, 0.25) is 5.91 Å². The molecule has 1 aliphatic rings. The van der Waals surface area contributed by atoms with Gasteiger partial charge in [-0.05, 0) is 42.3 Å². The standard InChI is InChI=1S/C21H20BrClN4O/c22-16-6-4-15(5-7-16)10-20(19-12-24-14-25-19)26-8-9-27(21(28)13-26)18-3-1-2-17(23)11-18/h1-7,11-12,14,20H,8-10,13H2,(H,24,25). The van der Waals surface area contributed by atoms with E-state index >= 15 is 0 Å². The summed E-state index contributed by atoms with van der Waals surface area (Å²) in [5, 5.41) is 0.637. The smallest absolute Gasteiger partial charge is 0.241 e. The summed E-state index contributed by atoms with van der Waals surface area (Å²) in [7, 11) is 0. The van der Waals surface area contributed by atoms with Crippen molar-refractivity contribution in [2.45, 2.75) is 12.5 Å². The molecule has 0 spiro atoms. The highest BCUT2D eigenvalue weighted by Crippen LogP contribution is 2.28. The molecule has 1 N–H and O–H groups in total. The number of amides is 1. The summed E-state index contributed by atoms with van der Waals surface area (Å²) >= 11 is 9.58. The van der Waals surface area contributed by atoms with Gasteiger partial charge in [0.15, 0.2) is 0 Å². The lowest BCUT2D eigenvalue weighted by Crippen LogP contribution is -2.51. The monoisotopic (exact) mass is 458 g/mol. The lowest BCUT2D eigenvalue weighted by atomic mass is 10.0. The first-order valence-corrected chi connectivity index (χ1v) is 10.3. The fourth-order valence-electron chi connectivity index (χ4n) is 3.60. The van der Waals surface area contributed by atoms with E-state index in [4.69, 9.17) is 11.6 Å². The molecule has 1 atom stereocenters. The van der Waals surface area contributed by atoms with Crippen LogP contribution in [0.15, 0.2) is 65.5 Å². The Morgan fingerprint density at radius 2 is 2.00 bits per heavy atom. The zero-order valence-electron chi connectivity index (χ0n) is 15.2.